The number of amides is 2. The number of thiophene rings is 1. The maximum atomic E-state index is 12.2. The lowest BCUT2D eigenvalue weighted by molar-refractivity contribution is -0.136. The highest BCUT2D eigenvalue weighted by molar-refractivity contribution is 7.19. The van der Waals surface area contributed by atoms with Gasteiger partial charge in [0.25, 0.3) is 0 Å². The molecule has 6 nitrogen and oxygen atoms in total. The predicted molar refractivity (Wildman–Crippen MR) is 111 cm³/mol. The molecule has 0 saturated carbocycles. The van der Waals surface area contributed by atoms with Crippen molar-refractivity contribution in [3.63, 3.8) is 0 Å². The van der Waals surface area contributed by atoms with Gasteiger partial charge in [-0.15, -0.1) is 11.3 Å². The average Bonchev–Trinajstić information content (AvgIpc) is 3.11. The third-order valence-corrected chi connectivity index (χ3v) is 5.73. The Labute approximate surface area is 167 Å². The smallest absolute Gasteiger partial charge is 0.313 e. The van der Waals surface area contributed by atoms with Gasteiger partial charge >= 0.3 is 11.8 Å². The molecule has 3 aromatic rings. The van der Waals surface area contributed by atoms with Crippen LogP contribution in [-0.2, 0) is 15.2 Å². The van der Waals surface area contributed by atoms with Crippen LogP contribution in [0.5, 0.6) is 5.75 Å². The summed E-state index contributed by atoms with van der Waals surface area (Å²) in [6, 6.07) is 15.0. The van der Waals surface area contributed by atoms with Crippen molar-refractivity contribution in [1.82, 2.24) is 5.32 Å². The highest BCUT2D eigenvalue weighted by Crippen LogP contribution is 2.32. The molecule has 0 radical (unpaired) electrons. The van der Waals surface area contributed by atoms with Crippen LogP contribution >= 0.6 is 11.3 Å². The molecule has 0 saturated heterocycles. The normalized spacial score (nSPS) is 13.0. The number of hydrogen-bond donors (Lipinski definition) is 3. The SMILES string of the molecule is COc1ccc(C)cc1NC(=O)C(=O)NCC(C)(O)c1cc2ccccc2s1. The number of hydrogen-bond acceptors (Lipinski definition) is 5. The summed E-state index contributed by atoms with van der Waals surface area (Å²) in [6.07, 6.45) is 0. The third kappa shape index (κ3) is 4.32. The van der Waals surface area contributed by atoms with Crippen molar-refractivity contribution in [2.24, 2.45) is 0 Å². The number of carbonyl (C=O) groups is 2. The first-order chi connectivity index (χ1) is 13.3. The van der Waals surface area contributed by atoms with Crippen molar-refractivity contribution < 1.29 is 19.4 Å². The van der Waals surface area contributed by atoms with E-state index in [0.717, 1.165) is 20.5 Å². The van der Waals surface area contributed by atoms with E-state index in [-0.39, 0.29) is 6.54 Å². The highest BCUT2D eigenvalue weighted by Gasteiger charge is 2.27. The zero-order chi connectivity index (χ0) is 20.3. The van der Waals surface area contributed by atoms with Crippen LogP contribution in [-0.4, -0.2) is 30.6 Å². The fourth-order valence-corrected chi connectivity index (χ4v) is 3.87. The maximum Gasteiger partial charge on any atom is 0.313 e. The minimum absolute atomic E-state index is 0.0863. The first-order valence-corrected chi connectivity index (χ1v) is 9.57. The Morgan fingerprint density at radius 2 is 1.89 bits per heavy atom. The number of aryl methyl sites for hydroxylation is 1. The molecule has 0 fully saturated rings. The van der Waals surface area contributed by atoms with E-state index in [4.69, 9.17) is 4.74 Å². The highest BCUT2D eigenvalue weighted by atomic mass is 32.1. The van der Waals surface area contributed by atoms with Gasteiger partial charge in [0.15, 0.2) is 0 Å². The van der Waals surface area contributed by atoms with E-state index in [0.29, 0.717) is 11.4 Å². The van der Waals surface area contributed by atoms with Crippen LogP contribution in [0.2, 0.25) is 0 Å². The molecule has 1 unspecified atom stereocenters. The summed E-state index contributed by atoms with van der Waals surface area (Å²) in [7, 11) is 1.49. The van der Waals surface area contributed by atoms with E-state index in [1.165, 1.54) is 18.4 Å². The molecule has 0 aliphatic rings. The number of anilines is 1. The van der Waals surface area contributed by atoms with Crippen molar-refractivity contribution in [2.45, 2.75) is 19.4 Å². The Hall–Kier alpha value is -2.90. The fourth-order valence-electron chi connectivity index (χ4n) is 2.77. The van der Waals surface area contributed by atoms with Crippen molar-refractivity contribution in [2.75, 3.05) is 19.0 Å². The molecule has 0 aliphatic carbocycles. The summed E-state index contributed by atoms with van der Waals surface area (Å²) in [5, 5.41) is 16.8. The van der Waals surface area contributed by atoms with Crippen molar-refractivity contribution in [1.29, 1.82) is 0 Å². The van der Waals surface area contributed by atoms with Crippen LogP contribution in [0, 0.1) is 6.92 Å². The second-order valence-corrected chi connectivity index (χ2v) is 7.85. The molecule has 0 aliphatic heterocycles. The predicted octanol–water partition coefficient (Wildman–Crippen LogP) is 3.18. The summed E-state index contributed by atoms with van der Waals surface area (Å²) in [5.74, 6) is -1.19. The molecular formula is C21H22N2O4S. The minimum Gasteiger partial charge on any atom is -0.495 e. The number of aliphatic hydroxyl groups is 1. The molecule has 3 rings (SSSR count). The molecule has 1 aromatic heterocycles. The van der Waals surface area contributed by atoms with E-state index in [1.807, 2.05) is 43.3 Å². The standard InChI is InChI=1S/C21H22N2O4S/c1-13-8-9-16(27-3)15(10-13)23-20(25)19(24)22-12-21(2,26)18-11-14-6-4-5-7-17(14)28-18/h4-11,26H,12H2,1-3H3,(H,22,24)(H,23,25). The lowest BCUT2D eigenvalue weighted by Crippen LogP contribution is -2.43. The minimum atomic E-state index is -1.29. The fraction of sp³-hybridized carbons (Fsp3) is 0.238. The zero-order valence-electron chi connectivity index (χ0n) is 15.9. The monoisotopic (exact) mass is 398 g/mol. The van der Waals surface area contributed by atoms with Crippen LogP contribution < -0.4 is 15.4 Å². The first-order valence-electron chi connectivity index (χ1n) is 8.75. The van der Waals surface area contributed by atoms with E-state index >= 15 is 0 Å². The summed E-state index contributed by atoms with van der Waals surface area (Å²) in [6.45, 7) is 3.40. The Morgan fingerprint density at radius 1 is 1.14 bits per heavy atom. The molecule has 0 spiro atoms. The molecule has 2 aromatic carbocycles. The quantitative estimate of drug-likeness (QED) is 0.576. The zero-order valence-corrected chi connectivity index (χ0v) is 16.7. The Balaban J connectivity index is 1.65. The summed E-state index contributed by atoms with van der Waals surface area (Å²) < 4.78 is 6.25. The number of rotatable bonds is 5. The van der Waals surface area contributed by atoms with Gasteiger partial charge in [0.1, 0.15) is 11.4 Å². The van der Waals surface area contributed by atoms with E-state index in [9.17, 15) is 14.7 Å². The molecular weight excluding hydrogens is 376 g/mol. The van der Waals surface area contributed by atoms with Crippen LogP contribution in [0.3, 0.4) is 0 Å². The molecule has 1 heterocycles. The van der Waals surface area contributed by atoms with Gasteiger partial charge in [0.2, 0.25) is 0 Å². The van der Waals surface area contributed by atoms with Gasteiger partial charge in [0, 0.05) is 9.58 Å². The van der Waals surface area contributed by atoms with Gasteiger partial charge in [-0.25, -0.2) is 0 Å². The molecule has 2 amide bonds. The lowest BCUT2D eigenvalue weighted by Gasteiger charge is -2.22. The van der Waals surface area contributed by atoms with Crippen molar-refractivity contribution in [3.8, 4) is 5.75 Å². The van der Waals surface area contributed by atoms with Gasteiger partial charge in [-0.05, 0) is 49.1 Å². The molecule has 28 heavy (non-hydrogen) atoms. The Kier molecular flexibility index (Phi) is 5.67. The summed E-state index contributed by atoms with van der Waals surface area (Å²) in [5.41, 5.74) is 0.0452. The third-order valence-electron chi connectivity index (χ3n) is 4.36. The van der Waals surface area contributed by atoms with E-state index < -0.39 is 17.4 Å². The Bertz CT molecular complexity index is 993. The molecule has 1 atom stereocenters. The molecule has 146 valence electrons. The van der Waals surface area contributed by atoms with Gasteiger partial charge < -0.3 is 20.5 Å². The number of nitrogens with one attached hydrogen (secondary N) is 2. The second kappa shape index (κ2) is 8.00. The largest absolute Gasteiger partial charge is 0.495 e. The van der Waals surface area contributed by atoms with Gasteiger partial charge in [-0.2, -0.15) is 0 Å². The number of carbonyl (C=O) groups excluding carboxylic acids is 2. The summed E-state index contributed by atoms with van der Waals surface area (Å²) >= 11 is 1.46. The van der Waals surface area contributed by atoms with E-state index in [1.54, 1.807) is 19.1 Å². The van der Waals surface area contributed by atoms with Gasteiger partial charge in [-0.1, -0.05) is 24.3 Å². The van der Waals surface area contributed by atoms with Crippen LogP contribution in [0.15, 0.2) is 48.5 Å². The lowest BCUT2D eigenvalue weighted by atomic mass is 10.0. The van der Waals surface area contributed by atoms with Crippen LogP contribution in [0.4, 0.5) is 5.69 Å². The van der Waals surface area contributed by atoms with Crippen molar-refractivity contribution >= 4 is 38.9 Å². The molecule has 0 bridgehead atoms. The maximum absolute atomic E-state index is 12.2. The van der Waals surface area contributed by atoms with Gasteiger partial charge in [0.05, 0.1) is 19.3 Å². The molecule has 7 heteroatoms. The van der Waals surface area contributed by atoms with Gasteiger partial charge in [-0.3, -0.25) is 9.59 Å². The van der Waals surface area contributed by atoms with Crippen molar-refractivity contribution in [3.05, 3.63) is 59.0 Å². The number of ether oxygens (including phenoxy) is 1. The topological polar surface area (TPSA) is 87.7 Å². The first kappa shape index (κ1) is 19.9. The van der Waals surface area contributed by atoms with Crippen LogP contribution in [0.1, 0.15) is 17.4 Å². The number of methoxy groups -OCH3 is 1. The number of benzene rings is 2. The van der Waals surface area contributed by atoms with Crippen LogP contribution in [0.25, 0.3) is 10.1 Å². The Morgan fingerprint density at radius 3 is 2.61 bits per heavy atom. The summed E-state index contributed by atoms with van der Waals surface area (Å²) in [4.78, 5) is 25.2. The average molecular weight is 398 g/mol. The number of fused-ring (bicyclic) bond motifs is 1. The van der Waals surface area contributed by atoms with E-state index in [2.05, 4.69) is 10.6 Å². The molecule has 3 N–H and O–H groups in total. The second-order valence-electron chi connectivity index (χ2n) is 6.76.